The molecule has 1 aliphatic rings. The van der Waals surface area contributed by atoms with E-state index in [0.717, 1.165) is 24.2 Å². The second kappa shape index (κ2) is 10.5. The molecule has 0 unspecified atom stereocenters. The van der Waals surface area contributed by atoms with Crippen molar-refractivity contribution in [1.82, 2.24) is 25.1 Å². The second-order valence-corrected chi connectivity index (χ2v) is 8.66. The van der Waals surface area contributed by atoms with Crippen LogP contribution in [0.5, 0.6) is 0 Å². The van der Waals surface area contributed by atoms with Gasteiger partial charge in [0.25, 0.3) is 0 Å². The van der Waals surface area contributed by atoms with Crippen LogP contribution in [0.25, 0.3) is 11.0 Å². The fraction of sp³-hybridized carbons (Fsp3) is 0.269. The van der Waals surface area contributed by atoms with Gasteiger partial charge in [-0.25, -0.2) is 19.0 Å². The number of carbonyl (C=O) groups is 2. The number of halogens is 1. The molecule has 1 atom stereocenters. The van der Waals surface area contributed by atoms with E-state index in [4.69, 9.17) is 0 Å². The molecule has 0 aliphatic carbocycles. The number of hydrogen-bond acceptors (Lipinski definition) is 6. The molecule has 0 bridgehead atoms. The third kappa shape index (κ3) is 5.17. The summed E-state index contributed by atoms with van der Waals surface area (Å²) in [6, 6.07) is 15.9. The number of amides is 2. The van der Waals surface area contributed by atoms with E-state index in [0.29, 0.717) is 24.4 Å². The predicted octanol–water partition coefficient (Wildman–Crippen LogP) is 2.79. The molecule has 0 spiro atoms. The minimum Gasteiger partial charge on any atom is -0.369 e. The zero-order valence-electron chi connectivity index (χ0n) is 19.6. The monoisotopic (exact) mass is 487 g/mol. The van der Waals surface area contributed by atoms with Gasteiger partial charge in [0.1, 0.15) is 18.0 Å². The Bertz CT molecular complexity index is 1360. The number of fused-ring (bicyclic) bond motifs is 1. The normalized spacial score (nSPS) is 15.4. The Kier molecular flexibility index (Phi) is 6.83. The van der Waals surface area contributed by atoms with Crippen LogP contribution in [0.4, 0.5) is 15.9 Å². The molecule has 2 N–H and O–H groups in total. The molecule has 2 aromatic heterocycles. The van der Waals surface area contributed by atoms with Crippen LogP contribution >= 0.6 is 0 Å². The topological polar surface area (TPSA) is 105 Å². The molecule has 9 nitrogen and oxygen atoms in total. The highest BCUT2D eigenvalue weighted by molar-refractivity contribution is 6.00. The average molecular weight is 488 g/mol. The van der Waals surface area contributed by atoms with Crippen molar-refractivity contribution in [2.75, 3.05) is 29.9 Å². The maximum absolute atomic E-state index is 13.2. The van der Waals surface area contributed by atoms with Gasteiger partial charge in [0.15, 0.2) is 5.65 Å². The first-order chi connectivity index (χ1) is 17.6. The summed E-state index contributed by atoms with van der Waals surface area (Å²) in [4.78, 5) is 35.3. The van der Waals surface area contributed by atoms with Crippen LogP contribution in [0.3, 0.4) is 0 Å². The van der Waals surface area contributed by atoms with E-state index in [9.17, 15) is 14.0 Å². The summed E-state index contributed by atoms with van der Waals surface area (Å²) in [5.41, 5.74) is 2.51. The number of anilines is 2. The van der Waals surface area contributed by atoms with Gasteiger partial charge in [0.2, 0.25) is 11.8 Å². The zero-order chi connectivity index (χ0) is 24.9. The Morgan fingerprint density at radius 2 is 1.86 bits per heavy atom. The van der Waals surface area contributed by atoms with E-state index in [1.165, 1.54) is 28.9 Å². The second-order valence-electron chi connectivity index (χ2n) is 8.66. The lowest BCUT2D eigenvalue weighted by atomic mass is 10.1. The van der Waals surface area contributed by atoms with Crippen LogP contribution in [0.15, 0.2) is 67.1 Å². The number of rotatable bonds is 9. The zero-order valence-corrected chi connectivity index (χ0v) is 19.6. The number of carbonyl (C=O) groups excluding carboxylic acids is 2. The lowest BCUT2D eigenvalue weighted by Crippen LogP contribution is -2.35. The number of aromatic nitrogens is 4. The Morgan fingerprint density at radius 1 is 1.06 bits per heavy atom. The predicted molar refractivity (Wildman–Crippen MR) is 134 cm³/mol. The van der Waals surface area contributed by atoms with Gasteiger partial charge in [0.05, 0.1) is 24.0 Å². The molecule has 2 amide bonds. The highest BCUT2D eigenvalue weighted by Gasteiger charge is 2.35. The van der Waals surface area contributed by atoms with Gasteiger partial charge in [-0.05, 0) is 36.2 Å². The summed E-state index contributed by atoms with van der Waals surface area (Å²) >= 11 is 0. The molecule has 4 aromatic rings. The van der Waals surface area contributed by atoms with E-state index in [1.807, 2.05) is 18.2 Å². The molecular formula is C26H26FN7O2. The fourth-order valence-electron chi connectivity index (χ4n) is 4.35. The average Bonchev–Trinajstić information content (AvgIpc) is 3.49. The van der Waals surface area contributed by atoms with Crippen LogP contribution < -0.4 is 15.5 Å². The smallest absolute Gasteiger partial charge is 0.227 e. The molecular weight excluding hydrogens is 461 g/mol. The largest absolute Gasteiger partial charge is 0.369 e. The minimum atomic E-state index is -0.459. The molecule has 0 radical (unpaired) electrons. The SMILES string of the molecule is O=C(NCCn1ncc2c(NCCc3ccccc3)ncnc21)[C@@H]1CC(=O)N(c2ccc(F)cc2)C1. The van der Waals surface area contributed by atoms with E-state index in [-0.39, 0.29) is 30.6 Å². The molecule has 1 saturated heterocycles. The van der Waals surface area contributed by atoms with Crippen LogP contribution in [-0.4, -0.2) is 51.2 Å². The van der Waals surface area contributed by atoms with E-state index in [1.54, 1.807) is 23.0 Å². The van der Waals surface area contributed by atoms with Gasteiger partial charge in [-0.2, -0.15) is 5.10 Å². The Labute approximate surface area is 207 Å². The number of hydrogen-bond donors (Lipinski definition) is 2. The van der Waals surface area contributed by atoms with Crippen LogP contribution in [0.2, 0.25) is 0 Å². The summed E-state index contributed by atoms with van der Waals surface area (Å²) in [5, 5.41) is 11.5. The van der Waals surface area contributed by atoms with Crippen molar-refractivity contribution in [3.63, 3.8) is 0 Å². The van der Waals surface area contributed by atoms with E-state index in [2.05, 4.69) is 37.8 Å². The molecule has 0 saturated carbocycles. The van der Waals surface area contributed by atoms with Gasteiger partial charge in [-0.3, -0.25) is 9.59 Å². The summed E-state index contributed by atoms with van der Waals surface area (Å²) in [6.07, 6.45) is 4.21. The summed E-state index contributed by atoms with van der Waals surface area (Å²) < 4.78 is 14.9. The Morgan fingerprint density at radius 3 is 2.67 bits per heavy atom. The fourth-order valence-corrected chi connectivity index (χ4v) is 4.35. The summed E-state index contributed by atoms with van der Waals surface area (Å²) in [6.45, 7) is 1.77. The van der Waals surface area contributed by atoms with Crippen molar-refractivity contribution >= 4 is 34.4 Å². The number of nitrogens with zero attached hydrogens (tertiary/aromatic N) is 5. The van der Waals surface area contributed by atoms with Gasteiger partial charge in [-0.15, -0.1) is 0 Å². The van der Waals surface area contributed by atoms with Crippen molar-refractivity contribution in [3.8, 4) is 0 Å². The first-order valence-corrected chi connectivity index (χ1v) is 11.9. The highest BCUT2D eigenvalue weighted by atomic mass is 19.1. The molecule has 36 heavy (non-hydrogen) atoms. The maximum Gasteiger partial charge on any atom is 0.227 e. The molecule has 5 rings (SSSR count). The highest BCUT2D eigenvalue weighted by Crippen LogP contribution is 2.25. The number of nitrogens with one attached hydrogen (secondary N) is 2. The van der Waals surface area contributed by atoms with Gasteiger partial charge >= 0.3 is 0 Å². The van der Waals surface area contributed by atoms with Crippen molar-refractivity contribution < 1.29 is 14.0 Å². The third-order valence-electron chi connectivity index (χ3n) is 6.24. The van der Waals surface area contributed by atoms with Gasteiger partial charge < -0.3 is 15.5 Å². The van der Waals surface area contributed by atoms with Crippen LogP contribution in [-0.2, 0) is 22.6 Å². The first-order valence-electron chi connectivity index (χ1n) is 11.9. The van der Waals surface area contributed by atoms with Crippen LogP contribution in [0.1, 0.15) is 12.0 Å². The third-order valence-corrected chi connectivity index (χ3v) is 6.24. The first kappa shape index (κ1) is 23.4. The quantitative estimate of drug-likeness (QED) is 0.376. The summed E-state index contributed by atoms with van der Waals surface area (Å²) in [7, 11) is 0. The lowest BCUT2D eigenvalue weighted by molar-refractivity contribution is -0.126. The maximum atomic E-state index is 13.2. The summed E-state index contributed by atoms with van der Waals surface area (Å²) in [5.74, 6) is -0.450. The van der Waals surface area contributed by atoms with E-state index >= 15 is 0 Å². The van der Waals surface area contributed by atoms with Crippen molar-refractivity contribution in [2.45, 2.75) is 19.4 Å². The van der Waals surface area contributed by atoms with Crippen molar-refractivity contribution in [3.05, 3.63) is 78.5 Å². The molecule has 2 aromatic carbocycles. The number of benzene rings is 2. The van der Waals surface area contributed by atoms with Crippen LogP contribution in [0, 0.1) is 11.7 Å². The van der Waals surface area contributed by atoms with Crippen molar-refractivity contribution in [2.24, 2.45) is 5.92 Å². The minimum absolute atomic E-state index is 0.124. The Hall–Kier alpha value is -4.34. The Balaban J connectivity index is 1.14. The lowest BCUT2D eigenvalue weighted by Gasteiger charge is -2.16. The van der Waals surface area contributed by atoms with Gasteiger partial charge in [-0.1, -0.05) is 30.3 Å². The molecule has 10 heteroatoms. The molecule has 1 fully saturated rings. The van der Waals surface area contributed by atoms with Crippen molar-refractivity contribution in [1.29, 1.82) is 0 Å². The van der Waals surface area contributed by atoms with E-state index < -0.39 is 5.92 Å². The standard InChI is InChI=1S/C26H26FN7O2/c27-20-6-8-21(9-7-20)33-16-19(14-23(33)35)26(36)29-12-13-34-25-22(15-32-34)24(30-17-31-25)28-11-10-18-4-2-1-3-5-18/h1-9,15,17,19H,10-14,16H2,(H,29,36)(H,28,30,31)/t19-/m1/s1. The molecule has 1 aliphatic heterocycles. The molecule has 184 valence electrons. The molecule has 3 heterocycles. The van der Waals surface area contributed by atoms with Gasteiger partial charge in [0, 0.05) is 31.7 Å².